The van der Waals surface area contributed by atoms with E-state index >= 15 is 0 Å². The lowest BCUT2D eigenvalue weighted by Crippen LogP contribution is -2.39. The van der Waals surface area contributed by atoms with Crippen LogP contribution in [0.2, 0.25) is 0 Å². The molecule has 6 heteroatoms. The van der Waals surface area contributed by atoms with Crippen LogP contribution in [0.4, 0.5) is 11.5 Å². The van der Waals surface area contributed by atoms with Crippen molar-refractivity contribution in [3.05, 3.63) is 27.9 Å². The number of nitrogens with one attached hydrogen (secondary N) is 1. The molecule has 0 aromatic carbocycles. The first-order chi connectivity index (χ1) is 9.60. The summed E-state index contributed by atoms with van der Waals surface area (Å²) in [6, 6.07) is 1.98. The number of pyridine rings is 1. The quantitative estimate of drug-likeness (QED) is 0.662. The lowest BCUT2D eigenvalue weighted by molar-refractivity contribution is -0.385. The van der Waals surface area contributed by atoms with Crippen molar-refractivity contribution in [2.75, 3.05) is 25.0 Å². The fourth-order valence-corrected chi connectivity index (χ4v) is 2.62. The minimum atomic E-state index is -0.410. The maximum atomic E-state index is 10.7. The van der Waals surface area contributed by atoms with Crippen molar-refractivity contribution in [3.8, 4) is 0 Å². The number of nitrogens with zero attached hydrogens (tertiary/aromatic N) is 3. The molecule has 1 aromatic heterocycles. The Balaban J connectivity index is 1.93. The van der Waals surface area contributed by atoms with Crippen molar-refractivity contribution in [2.45, 2.75) is 39.2 Å². The summed E-state index contributed by atoms with van der Waals surface area (Å²) in [5.41, 5.74) is 0.876. The topological polar surface area (TPSA) is 71.3 Å². The second kappa shape index (κ2) is 6.65. The van der Waals surface area contributed by atoms with Crippen molar-refractivity contribution in [1.29, 1.82) is 0 Å². The Morgan fingerprint density at radius 3 is 2.75 bits per heavy atom. The van der Waals surface area contributed by atoms with Gasteiger partial charge >= 0.3 is 0 Å². The molecule has 1 aliphatic rings. The summed E-state index contributed by atoms with van der Waals surface area (Å²) in [6.45, 7) is 7.44. The van der Waals surface area contributed by atoms with Gasteiger partial charge in [-0.3, -0.25) is 10.1 Å². The maximum absolute atomic E-state index is 10.7. The summed E-state index contributed by atoms with van der Waals surface area (Å²) in [4.78, 5) is 16.9. The molecular weight excluding hydrogens is 256 g/mol. The van der Waals surface area contributed by atoms with Gasteiger partial charge in [0.25, 0.3) is 5.69 Å². The van der Waals surface area contributed by atoms with E-state index in [-0.39, 0.29) is 5.69 Å². The van der Waals surface area contributed by atoms with Gasteiger partial charge in [-0.25, -0.2) is 4.98 Å². The molecular formula is C14H22N4O2. The zero-order valence-electron chi connectivity index (χ0n) is 12.1. The van der Waals surface area contributed by atoms with Gasteiger partial charge in [-0.15, -0.1) is 0 Å². The van der Waals surface area contributed by atoms with Gasteiger partial charge in [0.15, 0.2) is 0 Å². The summed E-state index contributed by atoms with van der Waals surface area (Å²) < 4.78 is 0. The summed E-state index contributed by atoms with van der Waals surface area (Å²) >= 11 is 0. The predicted octanol–water partition coefficient (Wildman–Crippen LogP) is 2.58. The summed E-state index contributed by atoms with van der Waals surface area (Å²) in [5, 5.41) is 14.1. The minimum absolute atomic E-state index is 0.0471. The Morgan fingerprint density at radius 2 is 2.20 bits per heavy atom. The fourth-order valence-electron chi connectivity index (χ4n) is 2.62. The summed E-state index contributed by atoms with van der Waals surface area (Å²) in [6.07, 6.45) is 4.71. The molecule has 2 rings (SSSR count). The van der Waals surface area contributed by atoms with Crippen LogP contribution in [0, 0.1) is 17.0 Å². The molecule has 1 saturated heterocycles. The number of aromatic nitrogens is 1. The monoisotopic (exact) mass is 278 g/mol. The second-order valence-electron chi connectivity index (χ2n) is 5.38. The van der Waals surface area contributed by atoms with E-state index in [9.17, 15) is 10.1 Å². The lowest BCUT2D eigenvalue weighted by atomic mass is 10.0. The zero-order chi connectivity index (χ0) is 14.5. The van der Waals surface area contributed by atoms with Crippen molar-refractivity contribution in [2.24, 2.45) is 0 Å². The van der Waals surface area contributed by atoms with Gasteiger partial charge in [0.2, 0.25) is 0 Å². The Morgan fingerprint density at radius 1 is 1.50 bits per heavy atom. The number of hydrogen-bond donors (Lipinski definition) is 1. The van der Waals surface area contributed by atoms with Crippen molar-refractivity contribution in [1.82, 2.24) is 9.88 Å². The smallest absolute Gasteiger partial charge is 0.287 e. The van der Waals surface area contributed by atoms with Crippen LogP contribution in [-0.2, 0) is 0 Å². The van der Waals surface area contributed by atoms with E-state index in [1.54, 1.807) is 6.07 Å². The largest absolute Gasteiger partial charge is 0.367 e. The van der Waals surface area contributed by atoms with E-state index in [2.05, 4.69) is 22.1 Å². The van der Waals surface area contributed by atoms with Crippen LogP contribution < -0.4 is 5.32 Å². The number of aryl methyl sites for hydroxylation is 1. The first kappa shape index (κ1) is 14.7. The van der Waals surface area contributed by atoms with Crippen molar-refractivity contribution >= 4 is 11.5 Å². The highest BCUT2D eigenvalue weighted by atomic mass is 16.6. The molecule has 0 amide bonds. The van der Waals surface area contributed by atoms with Gasteiger partial charge in [0.1, 0.15) is 12.0 Å². The van der Waals surface area contributed by atoms with Crippen molar-refractivity contribution in [3.63, 3.8) is 0 Å². The van der Waals surface area contributed by atoms with E-state index in [4.69, 9.17) is 0 Å². The molecule has 20 heavy (non-hydrogen) atoms. The third-order valence-corrected chi connectivity index (χ3v) is 3.74. The highest BCUT2D eigenvalue weighted by Gasteiger charge is 2.19. The number of likely N-dealkylation sites (tertiary alicyclic amines) is 1. The van der Waals surface area contributed by atoms with Gasteiger partial charge in [0.05, 0.1) is 4.92 Å². The second-order valence-corrected chi connectivity index (χ2v) is 5.38. The number of piperidine rings is 1. The van der Waals surface area contributed by atoms with Crippen LogP contribution in [0.15, 0.2) is 12.3 Å². The Bertz CT molecular complexity index is 470. The number of rotatable bonds is 5. The molecule has 0 aliphatic carbocycles. The Hall–Kier alpha value is -1.69. The van der Waals surface area contributed by atoms with Gasteiger partial charge in [-0.2, -0.15) is 0 Å². The average molecular weight is 278 g/mol. The van der Waals surface area contributed by atoms with Gasteiger partial charge in [-0.1, -0.05) is 6.92 Å². The van der Waals surface area contributed by atoms with Gasteiger partial charge in [0, 0.05) is 25.2 Å². The van der Waals surface area contributed by atoms with E-state index in [1.165, 1.54) is 19.2 Å². The molecule has 2 heterocycles. The normalized spacial score (nSPS) is 17.1. The highest BCUT2D eigenvalue weighted by molar-refractivity contribution is 5.48. The zero-order valence-corrected chi connectivity index (χ0v) is 12.1. The minimum Gasteiger partial charge on any atom is -0.367 e. The number of hydrogen-bond acceptors (Lipinski definition) is 5. The molecule has 1 aliphatic heterocycles. The predicted molar refractivity (Wildman–Crippen MR) is 79.0 cm³/mol. The number of anilines is 1. The van der Waals surface area contributed by atoms with E-state index in [0.29, 0.717) is 6.04 Å². The van der Waals surface area contributed by atoms with Crippen LogP contribution in [0.25, 0.3) is 0 Å². The van der Waals surface area contributed by atoms with Gasteiger partial charge in [-0.05, 0) is 38.3 Å². The molecule has 110 valence electrons. The molecule has 1 fully saturated rings. The van der Waals surface area contributed by atoms with Gasteiger partial charge < -0.3 is 10.2 Å². The summed E-state index contributed by atoms with van der Waals surface area (Å²) in [7, 11) is 0. The van der Waals surface area contributed by atoms with Crippen LogP contribution in [-0.4, -0.2) is 40.5 Å². The standard InChI is InChI=1S/C14H22N4O2/c1-3-6-17-7-4-12(5-8-17)16-14-11(2)9-13(10-15-14)18(19)20/h9-10,12H,3-8H2,1-2H3,(H,15,16). The SMILES string of the molecule is CCCN1CCC(Nc2ncc([N+](=O)[O-])cc2C)CC1. The molecule has 0 bridgehead atoms. The molecule has 0 saturated carbocycles. The highest BCUT2D eigenvalue weighted by Crippen LogP contribution is 2.21. The molecule has 0 unspecified atom stereocenters. The van der Waals surface area contributed by atoms with E-state index < -0.39 is 4.92 Å². The van der Waals surface area contributed by atoms with Crippen LogP contribution >= 0.6 is 0 Å². The van der Waals surface area contributed by atoms with E-state index in [0.717, 1.165) is 37.3 Å². The molecule has 0 radical (unpaired) electrons. The van der Waals surface area contributed by atoms with Crippen LogP contribution in [0.5, 0.6) is 0 Å². The molecule has 0 spiro atoms. The first-order valence-electron chi connectivity index (χ1n) is 7.20. The van der Waals surface area contributed by atoms with E-state index in [1.807, 2.05) is 6.92 Å². The Labute approximate surface area is 119 Å². The first-order valence-corrected chi connectivity index (χ1v) is 7.20. The maximum Gasteiger partial charge on any atom is 0.287 e. The molecule has 6 nitrogen and oxygen atoms in total. The van der Waals surface area contributed by atoms with Crippen molar-refractivity contribution < 1.29 is 4.92 Å². The Kier molecular flexibility index (Phi) is 4.89. The lowest BCUT2D eigenvalue weighted by Gasteiger charge is -2.32. The third kappa shape index (κ3) is 3.66. The fraction of sp³-hybridized carbons (Fsp3) is 0.643. The third-order valence-electron chi connectivity index (χ3n) is 3.74. The molecule has 0 atom stereocenters. The molecule has 1 N–H and O–H groups in total. The van der Waals surface area contributed by atoms with Crippen LogP contribution in [0.3, 0.4) is 0 Å². The average Bonchev–Trinajstić information content (AvgIpc) is 2.43. The molecule has 1 aromatic rings. The summed E-state index contributed by atoms with van der Waals surface area (Å²) in [5.74, 6) is 0.768. The number of nitro groups is 1. The van der Waals surface area contributed by atoms with Crippen LogP contribution in [0.1, 0.15) is 31.7 Å².